The van der Waals surface area contributed by atoms with Gasteiger partial charge in [0.1, 0.15) is 10.6 Å². The smallest absolute Gasteiger partial charge is 0.254 e. The number of hydrogen-bond acceptors (Lipinski definition) is 7. The Labute approximate surface area is 189 Å². The van der Waals surface area contributed by atoms with Crippen molar-refractivity contribution in [1.29, 1.82) is 0 Å². The van der Waals surface area contributed by atoms with Gasteiger partial charge >= 0.3 is 0 Å². The summed E-state index contributed by atoms with van der Waals surface area (Å²) in [6, 6.07) is 5.17. The first-order valence-corrected chi connectivity index (χ1v) is 12.4. The van der Waals surface area contributed by atoms with E-state index < -0.39 is 10.0 Å². The molecule has 0 saturated carbocycles. The number of aromatic nitrogens is 1. The highest BCUT2D eigenvalue weighted by Gasteiger charge is 2.33. The first kappa shape index (κ1) is 24.1. The van der Waals surface area contributed by atoms with E-state index in [0.29, 0.717) is 62.0 Å². The molecule has 0 unspecified atom stereocenters. The second kappa shape index (κ2) is 10.4. The number of nitrogens with zero attached hydrogens (tertiary/aromatic N) is 3. The predicted molar refractivity (Wildman–Crippen MR) is 119 cm³/mol. The normalized spacial score (nSPS) is 15.4. The molecule has 9 nitrogen and oxygen atoms in total. The van der Waals surface area contributed by atoms with Gasteiger partial charge in [0.2, 0.25) is 10.0 Å². The molecule has 2 aromatic rings. The monoisotopic (exact) mass is 465 g/mol. The first-order chi connectivity index (χ1) is 15.3. The highest BCUT2D eigenvalue weighted by molar-refractivity contribution is 7.89. The lowest BCUT2D eigenvalue weighted by molar-refractivity contribution is 0.0763. The van der Waals surface area contributed by atoms with Gasteiger partial charge in [0.25, 0.3) is 5.91 Å². The third-order valence-corrected chi connectivity index (χ3v) is 7.40. The van der Waals surface area contributed by atoms with E-state index in [2.05, 4.69) is 5.16 Å². The third-order valence-electron chi connectivity index (χ3n) is 5.26. The molecule has 1 saturated heterocycles. The van der Waals surface area contributed by atoms with Gasteiger partial charge in [-0.3, -0.25) is 4.79 Å². The minimum atomic E-state index is -3.74. The molecule has 1 amide bonds. The van der Waals surface area contributed by atoms with Crippen LogP contribution in [0.25, 0.3) is 0 Å². The number of carbonyl (C=O) groups is 1. The molecule has 0 spiro atoms. The van der Waals surface area contributed by atoms with Crippen LogP contribution in [0, 0.1) is 13.8 Å². The standard InChI is InChI=1S/C22H31N3O6S/c1-5-14-30-19-9-8-18(15-20(19)29-6-2)22(26)24-10-7-11-25(13-12-24)32(27,28)21-16(3)23-31-17(21)4/h8-9,15H,5-7,10-14H2,1-4H3. The first-order valence-electron chi connectivity index (χ1n) is 10.9. The van der Waals surface area contributed by atoms with Gasteiger partial charge in [0.15, 0.2) is 17.3 Å². The van der Waals surface area contributed by atoms with Crippen molar-refractivity contribution >= 4 is 15.9 Å². The molecule has 3 rings (SSSR count). The lowest BCUT2D eigenvalue weighted by Crippen LogP contribution is -2.37. The summed E-state index contributed by atoms with van der Waals surface area (Å²) < 4.78 is 44.1. The molecule has 32 heavy (non-hydrogen) atoms. The van der Waals surface area contributed by atoms with E-state index in [1.165, 1.54) is 4.31 Å². The van der Waals surface area contributed by atoms with E-state index >= 15 is 0 Å². The number of rotatable bonds is 8. The summed E-state index contributed by atoms with van der Waals surface area (Å²) in [7, 11) is -3.74. The van der Waals surface area contributed by atoms with Crippen molar-refractivity contribution in [2.24, 2.45) is 0 Å². The lowest BCUT2D eigenvalue weighted by atomic mass is 10.1. The molecule has 176 valence electrons. The molecule has 0 bridgehead atoms. The van der Waals surface area contributed by atoms with Crippen molar-refractivity contribution in [3.8, 4) is 11.5 Å². The molecule has 2 heterocycles. The molecule has 0 N–H and O–H groups in total. The van der Waals surface area contributed by atoms with Gasteiger partial charge < -0.3 is 18.9 Å². The van der Waals surface area contributed by atoms with Crippen LogP contribution in [-0.2, 0) is 10.0 Å². The van der Waals surface area contributed by atoms with Crippen LogP contribution in [0.2, 0.25) is 0 Å². The second-order valence-corrected chi connectivity index (χ2v) is 9.52. The average Bonchev–Trinajstić information content (AvgIpc) is 2.96. The fourth-order valence-electron chi connectivity index (χ4n) is 3.73. The highest BCUT2D eigenvalue weighted by atomic mass is 32.2. The largest absolute Gasteiger partial charge is 0.490 e. The van der Waals surface area contributed by atoms with Gasteiger partial charge in [0, 0.05) is 31.7 Å². The molecule has 1 aliphatic rings. The minimum Gasteiger partial charge on any atom is -0.490 e. The van der Waals surface area contributed by atoms with Crippen molar-refractivity contribution in [3.63, 3.8) is 0 Å². The Morgan fingerprint density at radius 3 is 2.53 bits per heavy atom. The van der Waals surface area contributed by atoms with Crippen molar-refractivity contribution in [3.05, 3.63) is 35.2 Å². The molecule has 1 aromatic heterocycles. The highest BCUT2D eigenvalue weighted by Crippen LogP contribution is 2.30. The van der Waals surface area contributed by atoms with Crippen LogP contribution >= 0.6 is 0 Å². The summed E-state index contributed by atoms with van der Waals surface area (Å²) in [6.07, 6.45) is 1.40. The molecular weight excluding hydrogens is 434 g/mol. The number of hydrogen-bond donors (Lipinski definition) is 0. The molecule has 10 heteroatoms. The molecule has 1 aliphatic heterocycles. The van der Waals surface area contributed by atoms with Crippen LogP contribution in [0.5, 0.6) is 11.5 Å². The fourth-order valence-corrected chi connectivity index (χ4v) is 5.49. The van der Waals surface area contributed by atoms with Gasteiger partial charge in [-0.25, -0.2) is 8.42 Å². The predicted octanol–water partition coefficient (Wildman–Crippen LogP) is 3.02. The van der Waals surface area contributed by atoms with Gasteiger partial charge in [-0.15, -0.1) is 0 Å². The molecule has 0 aliphatic carbocycles. The Hall–Kier alpha value is -2.59. The third kappa shape index (κ3) is 5.07. The number of ether oxygens (including phenoxy) is 2. The van der Waals surface area contributed by atoms with Gasteiger partial charge in [-0.2, -0.15) is 4.31 Å². The van der Waals surface area contributed by atoms with Crippen molar-refractivity contribution in [2.45, 2.75) is 45.4 Å². The number of carbonyl (C=O) groups excluding carboxylic acids is 1. The van der Waals surface area contributed by atoms with Gasteiger partial charge in [-0.1, -0.05) is 12.1 Å². The zero-order valence-electron chi connectivity index (χ0n) is 19.1. The number of sulfonamides is 1. The van der Waals surface area contributed by atoms with E-state index in [-0.39, 0.29) is 23.1 Å². The minimum absolute atomic E-state index is 0.112. The summed E-state index contributed by atoms with van der Waals surface area (Å²) in [5, 5.41) is 3.77. The number of amides is 1. The van der Waals surface area contributed by atoms with E-state index in [1.807, 2.05) is 13.8 Å². The summed E-state index contributed by atoms with van der Waals surface area (Å²) >= 11 is 0. The van der Waals surface area contributed by atoms with E-state index in [9.17, 15) is 13.2 Å². The Kier molecular flexibility index (Phi) is 7.78. The Balaban J connectivity index is 1.75. The molecule has 1 fully saturated rings. The molecular formula is C22H31N3O6S. The molecule has 0 radical (unpaired) electrons. The number of aryl methyl sites for hydroxylation is 2. The zero-order chi connectivity index (χ0) is 23.3. The number of benzene rings is 1. The van der Waals surface area contributed by atoms with Crippen LogP contribution in [0.4, 0.5) is 0 Å². The summed E-state index contributed by atoms with van der Waals surface area (Å²) in [6.45, 7) is 9.40. The van der Waals surface area contributed by atoms with E-state index in [4.69, 9.17) is 14.0 Å². The lowest BCUT2D eigenvalue weighted by Gasteiger charge is -2.22. The SMILES string of the molecule is CCCOc1ccc(C(=O)N2CCCN(S(=O)(=O)c3c(C)noc3C)CC2)cc1OCC. The van der Waals surface area contributed by atoms with Gasteiger partial charge in [-0.05, 0) is 51.8 Å². The summed E-state index contributed by atoms with van der Waals surface area (Å²) in [4.78, 5) is 15.0. The quantitative estimate of drug-likeness (QED) is 0.590. The zero-order valence-corrected chi connectivity index (χ0v) is 19.9. The molecule has 1 aromatic carbocycles. The van der Waals surface area contributed by atoms with Crippen LogP contribution < -0.4 is 9.47 Å². The van der Waals surface area contributed by atoms with Gasteiger partial charge in [0.05, 0.1) is 13.2 Å². The average molecular weight is 466 g/mol. The van der Waals surface area contributed by atoms with Crippen molar-refractivity contribution in [1.82, 2.24) is 14.4 Å². The topological polar surface area (TPSA) is 102 Å². The van der Waals surface area contributed by atoms with Crippen LogP contribution in [0.3, 0.4) is 0 Å². The van der Waals surface area contributed by atoms with Crippen LogP contribution in [0.15, 0.2) is 27.6 Å². The van der Waals surface area contributed by atoms with Crippen LogP contribution in [-0.4, -0.2) is 68.1 Å². The maximum atomic E-state index is 13.2. The van der Waals surface area contributed by atoms with E-state index in [1.54, 1.807) is 36.9 Å². The Morgan fingerprint density at radius 1 is 1.09 bits per heavy atom. The second-order valence-electron chi connectivity index (χ2n) is 7.65. The summed E-state index contributed by atoms with van der Waals surface area (Å²) in [5.41, 5.74) is 0.827. The van der Waals surface area contributed by atoms with Crippen molar-refractivity contribution in [2.75, 3.05) is 39.4 Å². The maximum Gasteiger partial charge on any atom is 0.254 e. The summed E-state index contributed by atoms with van der Waals surface area (Å²) in [5.74, 6) is 1.25. The Morgan fingerprint density at radius 2 is 1.88 bits per heavy atom. The molecule has 0 atom stereocenters. The fraction of sp³-hybridized carbons (Fsp3) is 0.545. The maximum absolute atomic E-state index is 13.2. The van der Waals surface area contributed by atoms with Crippen molar-refractivity contribution < 1.29 is 27.2 Å². The van der Waals surface area contributed by atoms with Crippen LogP contribution in [0.1, 0.15) is 48.5 Å². The van der Waals surface area contributed by atoms with E-state index in [0.717, 1.165) is 6.42 Å². The Bertz CT molecular complexity index is 1030.